The van der Waals surface area contributed by atoms with E-state index in [-0.39, 0.29) is 0 Å². The summed E-state index contributed by atoms with van der Waals surface area (Å²) in [4.78, 5) is 4.53. The van der Waals surface area contributed by atoms with Gasteiger partial charge in [0.15, 0.2) is 0 Å². The van der Waals surface area contributed by atoms with Crippen molar-refractivity contribution < 1.29 is 0 Å². The van der Waals surface area contributed by atoms with Gasteiger partial charge < -0.3 is 0 Å². The molecule has 0 radical (unpaired) electrons. The van der Waals surface area contributed by atoms with Crippen LogP contribution in [-0.4, -0.2) is 4.98 Å². The van der Waals surface area contributed by atoms with Gasteiger partial charge in [-0.15, -0.1) is 0 Å². The molecule has 0 N–H and O–H groups in total. The van der Waals surface area contributed by atoms with Gasteiger partial charge in [0.1, 0.15) is 0 Å². The molecule has 1 fully saturated rings. The fourth-order valence-electron chi connectivity index (χ4n) is 1.66. The van der Waals surface area contributed by atoms with Crippen molar-refractivity contribution in [2.75, 3.05) is 0 Å². The molecule has 0 saturated heterocycles. The number of hydrogen-bond donors (Lipinski definition) is 0. The average molecular weight is 175 g/mol. The first-order chi connectivity index (χ1) is 6.24. The Morgan fingerprint density at radius 2 is 2.15 bits per heavy atom. The zero-order chi connectivity index (χ0) is 9.31. The molecule has 1 saturated carbocycles. The Morgan fingerprint density at radius 1 is 1.38 bits per heavy atom. The summed E-state index contributed by atoms with van der Waals surface area (Å²) in [6, 6.07) is 4.44. The van der Waals surface area contributed by atoms with E-state index < -0.39 is 0 Å². The second kappa shape index (κ2) is 3.13. The first-order valence-corrected chi connectivity index (χ1v) is 5.20. The van der Waals surface area contributed by atoms with Crippen LogP contribution in [0.5, 0.6) is 0 Å². The highest BCUT2D eigenvalue weighted by Crippen LogP contribution is 2.46. The van der Waals surface area contributed by atoms with Gasteiger partial charge in [-0.05, 0) is 30.9 Å². The van der Waals surface area contributed by atoms with Crippen LogP contribution in [0.25, 0.3) is 0 Å². The standard InChI is InChI=1S/C12H17N/c1-3-4-10-5-6-11(13-9-10)12(2)7-8-12/h5-6,9H,3-4,7-8H2,1-2H3. The highest BCUT2D eigenvalue weighted by Gasteiger charge is 2.40. The van der Waals surface area contributed by atoms with Crippen molar-refractivity contribution in [2.24, 2.45) is 0 Å². The molecule has 0 unspecified atom stereocenters. The molecular weight excluding hydrogens is 158 g/mol. The summed E-state index contributed by atoms with van der Waals surface area (Å²) in [5.74, 6) is 0. The van der Waals surface area contributed by atoms with Gasteiger partial charge in [-0.2, -0.15) is 0 Å². The van der Waals surface area contributed by atoms with E-state index in [1.165, 1.54) is 30.5 Å². The average Bonchev–Trinajstić information content (AvgIpc) is 2.87. The fourth-order valence-corrected chi connectivity index (χ4v) is 1.66. The molecule has 1 aromatic heterocycles. The van der Waals surface area contributed by atoms with Crippen molar-refractivity contribution in [1.82, 2.24) is 4.98 Å². The largest absolute Gasteiger partial charge is 0.260 e. The van der Waals surface area contributed by atoms with Crippen molar-refractivity contribution in [3.8, 4) is 0 Å². The summed E-state index contributed by atoms with van der Waals surface area (Å²) in [6.07, 6.45) is 7.03. The molecule has 0 bridgehead atoms. The molecule has 13 heavy (non-hydrogen) atoms. The minimum absolute atomic E-state index is 0.421. The van der Waals surface area contributed by atoms with Crippen molar-refractivity contribution in [3.63, 3.8) is 0 Å². The van der Waals surface area contributed by atoms with Crippen molar-refractivity contribution in [2.45, 2.75) is 44.9 Å². The van der Waals surface area contributed by atoms with Crippen LogP contribution in [0, 0.1) is 0 Å². The minimum Gasteiger partial charge on any atom is -0.260 e. The molecule has 1 aromatic rings. The van der Waals surface area contributed by atoms with Gasteiger partial charge in [-0.25, -0.2) is 0 Å². The summed E-state index contributed by atoms with van der Waals surface area (Å²) < 4.78 is 0. The van der Waals surface area contributed by atoms with E-state index in [2.05, 4.69) is 31.0 Å². The van der Waals surface area contributed by atoms with Crippen LogP contribution in [0.3, 0.4) is 0 Å². The number of aryl methyl sites for hydroxylation is 1. The highest BCUT2D eigenvalue weighted by atomic mass is 14.7. The maximum absolute atomic E-state index is 4.53. The Morgan fingerprint density at radius 3 is 2.62 bits per heavy atom. The lowest BCUT2D eigenvalue weighted by Crippen LogP contribution is -2.02. The monoisotopic (exact) mass is 175 g/mol. The Bertz CT molecular complexity index is 282. The van der Waals surface area contributed by atoms with Gasteiger partial charge in [-0.3, -0.25) is 4.98 Å². The SMILES string of the molecule is CCCc1ccc(C2(C)CC2)nc1. The van der Waals surface area contributed by atoms with Gasteiger partial charge in [0.25, 0.3) is 0 Å². The topological polar surface area (TPSA) is 12.9 Å². The van der Waals surface area contributed by atoms with E-state index in [1.807, 2.05) is 6.20 Å². The lowest BCUT2D eigenvalue weighted by molar-refractivity contribution is 0.746. The van der Waals surface area contributed by atoms with Crippen LogP contribution < -0.4 is 0 Å². The third-order valence-corrected chi connectivity index (χ3v) is 2.98. The van der Waals surface area contributed by atoms with Crippen molar-refractivity contribution in [1.29, 1.82) is 0 Å². The van der Waals surface area contributed by atoms with Crippen LogP contribution in [0.4, 0.5) is 0 Å². The Balaban J connectivity index is 2.14. The molecule has 0 atom stereocenters. The van der Waals surface area contributed by atoms with Gasteiger partial charge in [-0.1, -0.05) is 26.3 Å². The first-order valence-electron chi connectivity index (χ1n) is 5.20. The minimum atomic E-state index is 0.421. The predicted molar refractivity (Wildman–Crippen MR) is 54.8 cm³/mol. The highest BCUT2D eigenvalue weighted by molar-refractivity contribution is 5.25. The molecule has 1 aliphatic carbocycles. The Kier molecular flexibility index (Phi) is 2.10. The summed E-state index contributed by atoms with van der Waals surface area (Å²) >= 11 is 0. The van der Waals surface area contributed by atoms with E-state index >= 15 is 0 Å². The van der Waals surface area contributed by atoms with E-state index in [0.29, 0.717) is 5.41 Å². The molecule has 0 aliphatic heterocycles. The molecule has 1 nitrogen and oxygen atoms in total. The third kappa shape index (κ3) is 1.74. The summed E-state index contributed by atoms with van der Waals surface area (Å²) in [7, 11) is 0. The first kappa shape index (κ1) is 8.74. The molecule has 0 spiro atoms. The smallest absolute Gasteiger partial charge is 0.0462 e. The second-order valence-corrected chi connectivity index (χ2v) is 4.36. The predicted octanol–water partition coefficient (Wildman–Crippen LogP) is 3.09. The van der Waals surface area contributed by atoms with Gasteiger partial charge in [0.05, 0.1) is 0 Å². The second-order valence-electron chi connectivity index (χ2n) is 4.36. The molecule has 2 rings (SSSR count). The summed E-state index contributed by atoms with van der Waals surface area (Å²) in [5, 5.41) is 0. The zero-order valence-corrected chi connectivity index (χ0v) is 8.51. The van der Waals surface area contributed by atoms with Crippen LogP contribution >= 0.6 is 0 Å². The van der Waals surface area contributed by atoms with Crippen molar-refractivity contribution >= 4 is 0 Å². The molecule has 1 heteroatoms. The molecule has 0 amide bonds. The fraction of sp³-hybridized carbons (Fsp3) is 0.583. The number of pyridine rings is 1. The van der Waals surface area contributed by atoms with Gasteiger partial charge in [0.2, 0.25) is 0 Å². The van der Waals surface area contributed by atoms with E-state index in [9.17, 15) is 0 Å². The van der Waals surface area contributed by atoms with E-state index in [1.54, 1.807) is 0 Å². The summed E-state index contributed by atoms with van der Waals surface area (Å²) in [6.45, 7) is 4.50. The van der Waals surface area contributed by atoms with Crippen LogP contribution in [0.2, 0.25) is 0 Å². The Labute approximate surface area is 80.2 Å². The molecule has 0 aromatic carbocycles. The maximum atomic E-state index is 4.53. The normalized spacial score (nSPS) is 18.6. The quantitative estimate of drug-likeness (QED) is 0.688. The third-order valence-electron chi connectivity index (χ3n) is 2.98. The molecule has 70 valence electrons. The van der Waals surface area contributed by atoms with Crippen LogP contribution in [-0.2, 0) is 11.8 Å². The van der Waals surface area contributed by atoms with Crippen LogP contribution in [0.1, 0.15) is 44.4 Å². The van der Waals surface area contributed by atoms with E-state index in [4.69, 9.17) is 0 Å². The summed E-state index contributed by atoms with van der Waals surface area (Å²) in [5.41, 5.74) is 3.08. The zero-order valence-electron chi connectivity index (χ0n) is 8.51. The van der Waals surface area contributed by atoms with Gasteiger partial charge >= 0.3 is 0 Å². The number of nitrogens with zero attached hydrogens (tertiary/aromatic N) is 1. The van der Waals surface area contributed by atoms with Crippen LogP contribution in [0.15, 0.2) is 18.3 Å². The molecule has 1 aliphatic rings. The van der Waals surface area contributed by atoms with Gasteiger partial charge in [0, 0.05) is 17.3 Å². The lowest BCUT2D eigenvalue weighted by atomic mass is 10.0. The van der Waals surface area contributed by atoms with E-state index in [0.717, 1.165) is 6.42 Å². The molecule has 1 heterocycles. The van der Waals surface area contributed by atoms with Crippen molar-refractivity contribution in [3.05, 3.63) is 29.6 Å². The Hall–Kier alpha value is -0.850. The number of hydrogen-bond acceptors (Lipinski definition) is 1. The molecular formula is C12H17N. The maximum Gasteiger partial charge on any atom is 0.0462 e. The number of rotatable bonds is 3. The number of aromatic nitrogens is 1. The lowest BCUT2D eigenvalue weighted by Gasteiger charge is -2.07.